The molecule has 0 bridgehead atoms. The van der Waals surface area contributed by atoms with Crippen LogP contribution in [-0.2, 0) is 9.59 Å². The molecule has 1 rings (SSSR count). The van der Waals surface area contributed by atoms with Crippen LogP contribution in [0.15, 0.2) is 24.3 Å². The van der Waals surface area contributed by atoms with E-state index >= 15 is 0 Å². The number of rotatable bonds is 8. The summed E-state index contributed by atoms with van der Waals surface area (Å²) < 4.78 is 5.30. The number of carboxylic acid groups (broad SMARTS) is 2. The second kappa shape index (κ2) is 7.88. The van der Waals surface area contributed by atoms with Crippen molar-refractivity contribution in [3.8, 4) is 5.75 Å². The van der Waals surface area contributed by atoms with E-state index in [9.17, 15) is 14.4 Å². The number of hydrogen-bond acceptors (Lipinski definition) is 4. The maximum absolute atomic E-state index is 12.1. The number of amides is 1. The van der Waals surface area contributed by atoms with Crippen LogP contribution in [0.4, 0.5) is 0 Å². The van der Waals surface area contributed by atoms with E-state index < -0.39 is 23.9 Å². The summed E-state index contributed by atoms with van der Waals surface area (Å²) in [7, 11) is 0. The van der Waals surface area contributed by atoms with Crippen molar-refractivity contribution < 1.29 is 29.3 Å². The van der Waals surface area contributed by atoms with Gasteiger partial charge in [0.1, 0.15) is 11.8 Å². The van der Waals surface area contributed by atoms with Gasteiger partial charge >= 0.3 is 11.9 Å². The highest BCUT2D eigenvalue weighted by Crippen LogP contribution is 2.18. The van der Waals surface area contributed by atoms with Gasteiger partial charge in [-0.25, -0.2) is 4.79 Å². The number of hydrogen-bond donors (Lipinski definition) is 3. The molecule has 1 unspecified atom stereocenters. The Hall–Kier alpha value is -2.57. The molecule has 1 atom stereocenters. The number of benzene rings is 1. The SMILES string of the molecule is CCOc1ccccc1C(=O)NC(CCC(=O)O)C(=O)O. The zero-order chi connectivity index (χ0) is 15.8. The Kier molecular flexibility index (Phi) is 6.19. The Bertz CT molecular complexity index is 528. The second-order valence-electron chi connectivity index (χ2n) is 4.23. The predicted molar refractivity (Wildman–Crippen MR) is 73.4 cm³/mol. The molecular formula is C14H17NO6. The summed E-state index contributed by atoms with van der Waals surface area (Å²) in [5.41, 5.74) is 0.209. The van der Waals surface area contributed by atoms with Crippen molar-refractivity contribution >= 4 is 17.8 Å². The van der Waals surface area contributed by atoms with Gasteiger partial charge in [0.05, 0.1) is 12.2 Å². The monoisotopic (exact) mass is 295 g/mol. The van der Waals surface area contributed by atoms with E-state index in [0.717, 1.165) is 0 Å². The Morgan fingerprint density at radius 2 is 1.90 bits per heavy atom. The van der Waals surface area contributed by atoms with Gasteiger partial charge in [0.2, 0.25) is 0 Å². The Morgan fingerprint density at radius 1 is 1.24 bits per heavy atom. The zero-order valence-electron chi connectivity index (χ0n) is 11.5. The molecule has 7 nitrogen and oxygen atoms in total. The molecule has 3 N–H and O–H groups in total. The predicted octanol–water partition coefficient (Wildman–Crippen LogP) is 1.13. The van der Waals surface area contributed by atoms with Crippen molar-refractivity contribution in [2.45, 2.75) is 25.8 Å². The summed E-state index contributed by atoms with van der Waals surface area (Å²) in [6.45, 7) is 2.13. The zero-order valence-corrected chi connectivity index (χ0v) is 11.5. The highest BCUT2D eigenvalue weighted by molar-refractivity contribution is 5.99. The number of para-hydroxylation sites is 1. The van der Waals surface area contributed by atoms with Crippen LogP contribution in [0.3, 0.4) is 0 Å². The highest BCUT2D eigenvalue weighted by atomic mass is 16.5. The molecule has 0 saturated heterocycles. The lowest BCUT2D eigenvalue weighted by Gasteiger charge is -2.15. The van der Waals surface area contributed by atoms with Crippen LogP contribution in [0.25, 0.3) is 0 Å². The molecule has 0 aromatic heterocycles. The molecule has 0 spiro atoms. The molecule has 7 heteroatoms. The van der Waals surface area contributed by atoms with E-state index in [1.54, 1.807) is 25.1 Å². The van der Waals surface area contributed by atoms with Crippen molar-refractivity contribution in [1.82, 2.24) is 5.32 Å². The van der Waals surface area contributed by atoms with Crippen molar-refractivity contribution in [1.29, 1.82) is 0 Å². The van der Waals surface area contributed by atoms with Gasteiger partial charge in [-0.2, -0.15) is 0 Å². The smallest absolute Gasteiger partial charge is 0.326 e. The largest absolute Gasteiger partial charge is 0.493 e. The normalized spacial score (nSPS) is 11.5. The average molecular weight is 295 g/mol. The Balaban J connectivity index is 2.82. The molecule has 0 aliphatic rings. The number of nitrogens with one attached hydrogen (secondary N) is 1. The fourth-order valence-corrected chi connectivity index (χ4v) is 1.70. The minimum Gasteiger partial charge on any atom is -0.493 e. The number of aliphatic carboxylic acids is 2. The molecule has 0 aliphatic carbocycles. The van der Waals surface area contributed by atoms with Gasteiger partial charge in [-0.3, -0.25) is 9.59 Å². The maximum atomic E-state index is 12.1. The molecular weight excluding hydrogens is 278 g/mol. The minimum atomic E-state index is -1.28. The molecule has 114 valence electrons. The first-order valence-corrected chi connectivity index (χ1v) is 6.43. The van der Waals surface area contributed by atoms with E-state index in [0.29, 0.717) is 12.4 Å². The second-order valence-corrected chi connectivity index (χ2v) is 4.23. The van der Waals surface area contributed by atoms with E-state index in [4.69, 9.17) is 14.9 Å². The van der Waals surface area contributed by atoms with Gasteiger partial charge in [0.15, 0.2) is 0 Å². The lowest BCUT2D eigenvalue weighted by Crippen LogP contribution is -2.41. The third kappa shape index (κ3) is 5.13. The van der Waals surface area contributed by atoms with Crippen LogP contribution in [-0.4, -0.2) is 40.7 Å². The summed E-state index contributed by atoms with van der Waals surface area (Å²) in [5.74, 6) is -2.67. The topological polar surface area (TPSA) is 113 Å². The fraction of sp³-hybridized carbons (Fsp3) is 0.357. The maximum Gasteiger partial charge on any atom is 0.326 e. The number of ether oxygens (including phenoxy) is 1. The average Bonchev–Trinajstić information content (AvgIpc) is 2.43. The number of carbonyl (C=O) groups is 3. The minimum absolute atomic E-state index is 0.187. The first-order chi connectivity index (χ1) is 9.95. The third-order valence-corrected chi connectivity index (χ3v) is 2.68. The molecule has 0 aliphatic heterocycles. The quantitative estimate of drug-likeness (QED) is 0.662. The molecule has 0 heterocycles. The fourth-order valence-electron chi connectivity index (χ4n) is 1.70. The standard InChI is InChI=1S/C14H17NO6/c1-2-21-11-6-4-3-5-9(11)13(18)15-10(14(19)20)7-8-12(16)17/h3-6,10H,2,7-8H2,1H3,(H,15,18)(H,16,17)(H,19,20). The molecule has 0 fully saturated rings. The lowest BCUT2D eigenvalue weighted by molar-refractivity contribution is -0.140. The van der Waals surface area contributed by atoms with Crippen LogP contribution in [0.2, 0.25) is 0 Å². The molecule has 21 heavy (non-hydrogen) atoms. The number of carboxylic acids is 2. The van der Waals surface area contributed by atoms with E-state index in [1.165, 1.54) is 6.07 Å². The first kappa shape index (κ1) is 16.5. The van der Waals surface area contributed by atoms with Gasteiger partial charge in [-0.05, 0) is 25.5 Å². The summed E-state index contributed by atoms with van der Waals surface area (Å²) in [6.07, 6.45) is -0.530. The van der Waals surface area contributed by atoms with Gasteiger partial charge in [-0.1, -0.05) is 12.1 Å². The lowest BCUT2D eigenvalue weighted by atomic mass is 10.1. The number of carbonyl (C=O) groups excluding carboxylic acids is 1. The van der Waals surface area contributed by atoms with Crippen molar-refractivity contribution in [2.24, 2.45) is 0 Å². The van der Waals surface area contributed by atoms with Gasteiger partial charge < -0.3 is 20.3 Å². The summed E-state index contributed by atoms with van der Waals surface area (Å²) in [6, 6.07) is 5.18. The third-order valence-electron chi connectivity index (χ3n) is 2.68. The first-order valence-electron chi connectivity index (χ1n) is 6.43. The Labute approximate surface area is 121 Å². The van der Waals surface area contributed by atoms with Crippen LogP contribution in [0.1, 0.15) is 30.1 Å². The van der Waals surface area contributed by atoms with Gasteiger partial charge in [-0.15, -0.1) is 0 Å². The molecule has 1 aromatic rings. The summed E-state index contributed by atoms with van der Waals surface area (Å²) in [4.78, 5) is 33.6. The van der Waals surface area contributed by atoms with Gasteiger partial charge in [0.25, 0.3) is 5.91 Å². The van der Waals surface area contributed by atoms with E-state index in [1.807, 2.05) is 0 Å². The van der Waals surface area contributed by atoms with Crippen molar-refractivity contribution in [3.63, 3.8) is 0 Å². The van der Waals surface area contributed by atoms with Crippen molar-refractivity contribution in [2.75, 3.05) is 6.61 Å². The van der Waals surface area contributed by atoms with E-state index in [-0.39, 0.29) is 18.4 Å². The van der Waals surface area contributed by atoms with Gasteiger partial charge in [0, 0.05) is 6.42 Å². The molecule has 0 radical (unpaired) electrons. The summed E-state index contributed by atoms with van der Waals surface area (Å²) >= 11 is 0. The highest BCUT2D eigenvalue weighted by Gasteiger charge is 2.23. The van der Waals surface area contributed by atoms with Crippen molar-refractivity contribution in [3.05, 3.63) is 29.8 Å². The molecule has 1 amide bonds. The van der Waals surface area contributed by atoms with Crippen LogP contribution in [0.5, 0.6) is 5.75 Å². The van der Waals surface area contributed by atoms with Crippen LogP contribution in [0, 0.1) is 0 Å². The molecule has 0 saturated carbocycles. The van der Waals surface area contributed by atoms with E-state index in [2.05, 4.69) is 5.32 Å². The molecule has 1 aromatic carbocycles. The van der Waals surface area contributed by atoms with Crippen LogP contribution >= 0.6 is 0 Å². The Morgan fingerprint density at radius 3 is 2.48 bits per heavy atom. The summed E-state index contributed by atoms with van der Waals surface area (Å²) in [5, 5.41) is 19.9. The van der Waals surface area contributed by atoms with Crippen LogP contribution < -0.4 is 10.1 Å².